The van der Waals surface area contributed by atoms with Gasteiger partial charge in [0.25, 0.3) is 15.2 Å². The van der Waals surface area contributed by atoms with Crippen LogP contribution < -0.4 is 10.0 Å². The van der Waals surface area contributed by atoms with Crippen LogP contribution in [0, 0.1) is 0 Å². The zero-order valence-electron chi connectivity index (χ0n) is 19.6. The van der Waals surface area contributed by atoms with Crippen LogP contribution in [-0.4, -0.2) is 42.9 Å². The molecule has 12 heteroatoms. The Bertz CT molecular complexity index is 1490. The number of hydrogen-bond acceptors (Lipinski definition) is 9. The molecule has 0 spiro atoms. The normalized spacial score (nSPS) is 11.1. The van der Waals surface area contributed by atoms with Crippen LogP contribution in [0.15, 0.2) is 93.4 Å². The minimum absolute atomic E-state index is 0.00543. The molecule has 0 aliphatic heterocycles. The second-order valence-electron chi connectivity index (χ2n) is 7.51. The quantitative estimate of drug-likeness (QED) is 0.221. The second kappa shape index (κ2) is 11.7. The molecule has 37 heavy (non-hydrogen) atoms. The van der Waals surface area contributed by atoms with Gasteiger partial charge in [0.2, 0.25) is 11.8 Å². The number of esters is 1. The summed E-state index contributed by atoms with van der Waals surface area (Å²) in [4.78, 5) is 24.3. The molecule has 0 radical (unpaired) electrons. The maximum Gasteiger partial charge on any atom is 0.338 e. The van der Waals surface area contributed by atoms with Gasteiger partial charge in [-0.05, 0) is 61.5 Å². The highest BCUT2D eigenvalue weighted by molar-refractivity contribution is 7.99. The molecule has 0 saturated heterocycles. The van der Waals surface area contributed by atoms with E-state index in [0.29, 0.717) is 22.5 Å². The number of carbonyl (C=O) groups is 2. The van der Waals surface area contributed by atoms with Crippen LogP contribution in [0.4, 0.5) is 11.4 Å². The van der Waals surface area contributed by atoms with Gasteiger partial charge in [0.15, 0.2) is 0 Å². The Hall–Kier alpha value is -4.16. The van der Waals surface area contributed by atoms with Gasteiger partial charge in [-0.3, -0.25) is 9.52 Å². The van der Waals surface area contributed by atoms with Gasteiger partial charge in [-0.1, -0.05) is 36.0 Å². The van der Waals surface area contributed by atoms with Crippen LogP contribution >= 0.6 is 11.8 Å². The number of ether oxygens (including phenoxy) is 1. The van der Waals surface area contributed by atoms with Crippen molar-refractivity contribution in [2.75, 3.05) is 22.4 Å². The topological polar surface area (TPSA) is 140 Å². The highest BCUT2D eigenvalue weighted by atomic mass is 32.2. The Morgan fingerprint density at radius 1 is 0.946 bits per heavy atom. The number of nitrogens with one attached hydrogen (secondary N) is 2. The molecule has 0 unspecified atom stereocenters. The SMILES string of the molecule is CCOC(=O)c1cccc(NC(=O)CSc2nnc(-c3ccc(NS(=O)(=O)c4ccccc4)cc3)o2)c1. The summed E-state index contributed by atoms with van der Waals surface area (Å²) < 4.78 is 38.0. The van der Waals surface area contributed by atoms with Crippen LogP contribution in [0.25, 0.3) is 11.5 Å². The Balaban J connectivity index is 1.32. The Morgan fingerprint density at radius 3 is 2.43 bits per heavy atom. The molecule has 0 aliphatic rings. The van der Waals surface area contributed by atoms with E-state index in [9.17, 15) is 18.0 Å². The predicted octanol–water partition coefficient (Wildman–Crippen LogP) is 4.44. The molecule has 0 aliphatic carbocycles. The van der Waals surface area contributed by atoms with E-state index in [4.69, 9.17) is 9.15 Å². The number of aromatic nitrogens is 2. The van der Waals surface area contributed by atoms with Crippen molar-refractivity contribution >= 4 is 45.0 Å². The molecule has 4 rings (SSSR count). The first kappa shape index (κ1) is 25.9. The van der Waals surface area contributed by atoms with Gasteiger partial charge in [0, 0.05) is 16.9 Å². The van der Waals surface area contributed by atoms with E-state index >= 15 is 0 Å². The van der Waals surface area contributed by atoms with E-state index < -0.39 is 16.0 Å². The van der Waals surface area contributed by atoms with Gasteiger partial charge in [0.05, 0.1) is 22.8 Å². The van der Waals surface area contributed by atoms with Gasteiger partial charge in [-0.2, -0.15) is 0 Å². The summed E-state index contributed by atoms with van der Waals surface area (Å²) in [6.45, 7) is 1.98. The zero-order chi connectivity index (χ0) is 26.3. The lowest BCUT2D eigenvalue weighted by Gasteiger charge is -2.08. The molecule has 0 bridgehead atoms. The number of rotatable bonds is 10. The first-order valence-corrected chi connectivity index (χ1v) is 13.5. The Morgan fingerprint density at radius 2 is 1.70 bits per heavy atom. The molecule has 10 nitrogen and oxygen atoms in total. The molecule has 1 amide bonds. The maximum atomic E-state index is 12.5. The highest BCUT2D eigenvalue weighted by Crippen LogP contribution is 2.25. The summed E-state index contributed by atoms with van der Waals surface area (Å²) in [6, 6.07) is 21.0. The Kier molecular flexibility index (Phi) is 8.21. The van der Waals surface area contributed by atoms with Crippen LogP contribution in [0.3, 0.4) is 0 Å². The average molecular weight is 539 g/mol. The first-order chi connectivity index (χ1) is 17.8. The van der Waals surface area contributed by atoms with Crippen LogP contribution in [-0.2, 0) is 19.6 Å². The zero-order valence-corrected chi connectivity index (χ0v) is 21.2. The van der Waals surface area contributed by atoms with Gasteiger partial charge >= 0.3 is 5.97 Å². The van der Waals surface area contributed by atoms with Gasteiger partial charge in [-0.15, -0.1) is 10.2 Å². The van der Waals surface area contributed by atoms with Gasteiger partial charge in [-0.25, -0.2) is 13.2 Å². The van der Waals surface area contributed by atoms with Crippen LogP contribution in [0.2, 0.25) is 0 Å². The lowest BCUT2D eigenvalue weighted by atomic mass is 10.2. The van der Waals surface area contributed by atoms with E-state index in [1.165, 1.54) is 18.2 Å². The summed E-state index contributed by atoms with van der Waals surface area (Å²) in [6.07, 6.45) is 0. The number of amides is 1. The van der Waals surface area contributed by atoms with Crippen molar-refractivity contribution in [3.05, 3.63) is 84.4 Å². The minimum Gasteiger partial charge on any atom is -0.462 e. The Labute approximate surface area is 217 Å². The summed E-state index contributed by atoms with van der Waals surface area (Å²) in [5.74, 6) is -0.554. The smallest absolute Gasteiger partial charge is 0.338 e. The second-order valence-corrected chi connectivity index (χ2v) is 10.1. The van der Waals surface area contributed by atoms with E-state index in [2.05, 4.69) is 20.2 Å². The van der Waals surface area contributed by atoms with Crippen molar-refractivity contribution in [1.29, 1.82) is 0 Å². The molecule has 0 atom stereocenters. The van der Waals surface area contributed by atoms with E-state index in [-0.39, 0.29) is 34.3 Å². The van der Waals surface area contributed by atoms with Crippen molar-refractivity contribution in [3.63, 3.8) is 0 Å². The summed E-state index contributed by atoms with van der Waals surface area (Å²) >= 11 is 1.05. The number of sulfonamides is 1. The summed E-state index contributed by atoms with van der Waals surface area (Å²) in [5, 5.41) is 10.8. The standard InChI is InChI=1S/C25H22N4O6S2/c1-2-34-24(31)18-7-6-8-20(15-18)26-22(30)16-36-25-28-27-23(35-25)17-11-13-19(14-12-17)29-37(32,33)21-9-4-3-5-10-21/h3-15,29H,2,16H2,1H3,(H,26,30). The van der Waals surface area contributed by atoms with Crippen molar-refractivity contribution < 1.29 is 27.2 Å². The molecule has 1 heterocycles. The highest BCUT2D eigenvalue weighted by Gasteiger charge is 2.15. The minimum atomic E-state index is -3.70. The fourth-order valence-electron chi connectivity index (χ4n) is 3.14. The summed E-state index contributed by atoms with van der Waals surface area (Å²) in [5.41, 5.74) is 1.77. The molecule has 2 N–H and O–H groups in total. The fourth-order valence-corrected chi connectivity index (χ4v) is 4.78. The lowest BCUT2D eigenvalue weighted by Crippen LogP contribution is -2.14. The van der Waals surface area contributed by atoms with Crippen molar-refractivity contribution in [2.24, 2.45) is 0 Å². The molecule has 0 fully saturated rings. The number of thioether (sulfide) groups is 1. The maximum absolute atomic E-state index is 12.5. The monoisotopic (exact) mass is 538 g/mol. The predicted molar refractivity (Wildman–Crippen MR) is 139 cm³/mol. The molecule has 4 aromatic rings. The summed E-state index contributed by atoms with van der Waals surface area (Å²) in [7, 11) is -3.70. The average Bonchev–Trinajstić information content (AvgIpc) is 3.38. The molecular formula is C25H22N4O6S2. The molecule has 190 valence electrons. The molecular weight excluding hydrogens is 516 g/mol. The number of hydrogen-bond donors (Lipinski definition) is 2. The van der Waals surface area contributed by atoms with Crippen LogP contribution in [0.5, 0.6) is 0 Å². The van der Waals surface area contributed by atoms with E-state index in [1.807, 2.05) is 0 Å². The van der Waals surface area contributed by atoms with E-state index in [1.54, 1.807) is 67.6 Å². The molecule has 3 aromatic carbocycles. The molecule has 0 saturated carbocycles. The molecule has 1 aromatic heterocycles. The van der Waals surface area contributed by atoms with Crippen molar-refractivity contribution in [3.8, 4) is 11.5 Å². The van der Waals surface area contributed by atoms with Gasteiger partial charge < -0.3 is 14.5 Å². The third-order valence-corrected chi connectivity index (χ3v) is 7.04. The van der Waals surface area contributed by atoms with Gasteiger partial charge in [0.1, 0.15) is 0 Å². The lowest BCUT2D eigenvalue weighted by molar-refractivity contribution is -0.113. The first-order valence-electron chi connectivity index (χ1n) is 11.1. The van der Waals surface area contributed by atoms with Crippen molar-refractivity contribution in [1.82, 2.24) is 10.2 Å². The number of nitrogens with zero attached hydrogens (tertiary/aromatic N) is 2. The fraction of sp³-hybridized carbons (Fsp3) is 0.120. The third-order valence-electron chi connectivity index (χ3n) is 4.83. The van der Waals surface area contributed by atoms with Crippen molar-refractivity contribution in [2.45, 2.75) is 17.0 Å². The largest absolute Gasteiger partial charge is 0.462 e. The van der Waals surface area contributed by atoms with Crippen LogP contribution in [0.1, 0.15) is 17.3 Å². The number of anilines is 2. The van der Waals surface area contributed by atoms with E-state index in [0.717, 1.165) is 11.8 Å². The third kappa shape index (κ3) is 6.96. The number of carbonyl (C=O) groups excluding carboxylic acids is 2. The number of benzene rings is 3.